The summed E-state index contributed by atoms with van der Waals surface area (Å²) in [5, 5.41) is 30.0. The molecular formula is C33H25N5Na2O9S. The number of nitrogen functional groups attached to an aromatic ring is 1. The summed E-state index contributed by atoms with van der Waals surface area (Å²) in [6, 6.07) is 16.5. The summed E-state index contributed by atoms with van der Waals surface area (Å²) in [6.07, 6.45) is 0.998. The van der Waals surface area contributed by atoms with Crippen LogP contribution in [0.15, 0.2) is 82.8 Å². The number of aromatic carboxylic acids is 1. The van der Waals surface area contributed by atoms with Crippen molar-refractivity contribution < 1.29 is 101 Å². The van der Waals surface area contributed by atoms with E-state index in [-0.39, 0.29) is 92.9 Å². The Balaban J connectivity index is 0.00000338. The standard InChI is InChI=1S/C33H27N5O9S.2Na/c1-16-11-18(3-8-25(16)34)31(41)35-21-5-7-23-20(13-21)14-28(48(45,46)47)29(30(23)40)38-37-26-9-4-19(12-17(26)2)32(42)36-22-6-10-27(39)24(15-22)33(43)44;;/h3-15,37,39H,34H2,1-2H3,(H,35,41)(H,36,42)(H,43,44)(H,45,46,47);;/q;2*+1/p-2. The Morgan fingerprint density at radius 3 is 1.98 bits per heavy atom. The normalized spacial score (nSPS) is 12.8. The molecule has 5 rings (SSSR count). The number of fused-ring (bicyclic) bond motifs is 1. The fourth-order valence-electron chi connectivity index (χ4n) is 4.76. The van der Waals surface area contributed by atoms with Crippen LogP contribution in [0.4, 0.5) is 22.7 Å². The molecule has 4 aromatic rings. The number of Topliss-reactive ketones (excluding diaryl/α,β-unsaturated/α-hetero) is 1. The van der Waals surface area contributed by atoms with Crippen LogP contribution in [-0.4, -0.2) is 47.4 Å². The molecule has 50 heavy (non-hydrogen) atoms. The van der Waals surface area contributed by atoms with E-state index >= 15 is 0 Å². The second kappa shape index (κ2) is 16.1. The number of hydrogen-bond donors (Lipinski definition) is 5. The average Bonchev–Trinajstić information content (AvgIpc) is 3.02. The molecule has 1 aliphatic rings. The van der Waals surface area contributed by atoms with Gasteiger partial charge in [0, 0.05) is 33.8 Å². The first-order valence-corrected chi connectivity index (χ1v) is 15.4. The van der Waals surface area contributed by atoms with Crippen molar-refractivity contribution in [2.45, 2.75) is 13.8 Å². The number of carboxylic acids is 1. The van der Waals surface area contributed by atoms with Gasteiger partial charge in [-0.1, -0.05) is 11.8 Å². The number of allylic oxidation sites excluding steroid dienone is 1. The largest absolute Gasteiger partial charge is 1.00 e. The van der Waals surface area contributed by atoms with Gasteiger partial charge in [-0.15, -0.1) is 0 Å². The summed E-state index contributed by atoms with van der Waals surface area (Å²) >= 11 is 0. The molecule has 0 saturated carbocycles. The number of nitrogens with one attached hydrogen (secondary N) is 3. The molecule has 4 aromatic carbocycles. The molecule has 0 spiro atoms. The van der Waals surface area contributed by atoms with Gasteiger partial charge in [0.2, 0.25) is 5.78 Å². The van der Waals surface area contributed by atoms with Gasteiger partial charge in [-0.25, -0.2) is 13.2 Å². The predicted molar refractivity (Wildman–Crippen MR) is 175 cm³/mol. The van der Waals surface area contributed by atoms with Gasteiger partial charge in [0.25, 0.3) is 11.8 Å². The number of hydrazone groups is 1. The molecule has 0 bridgehead atoms. The summed E-state index contributed by atoms with van der Waals surface area (Å²) in [5.74, 6) is -4.11. The second-order valence-electron chi connectivity index (χ2n) is 10.7. The average molecular weight is 714 g/mol. The number of nitrogens with two attached hydrogens (primary N) is 1. The second-order valence-corrected chi connectivity index (χ2v) is 12.0. The van der Waals surface area contributed by atoms with E-state index in [1.807, 2.05) is 0 Å². The number of carbonyl (C=O) groups is 4. The number of anilines is 4. The van der Waals surface area contributed by atoms with Crippen molar-refractivity contribution in [3.63, 3.8) is 0 Å². The van der Waals surface area contributed by atoms with Crippen molar-refractivity contribution in [1.82, 2.24) is 0 Å². The van der Waals surface area contributed by atoms with Gasteiger partial charge < -0.3 is 31.1 Å². The van der Waals surface area contributed by atoms with Crippen molar-refractivity contribution in [3.05, 3.63) is 117 Å². The Kier molecular flexibility index (Phi) is 12.9. The van der Waals surface area contributed by atoms with Gasteiger partial charge in [-0.2, -0.15) is 5.10 Å². The molecule has 0 atom stereocenters. The van der Waals surface area contributed by atoms with Crippen LogP contribution in [0.3, 0.4) is 0 Å². The van der Waals surface area contributed by atoms with Gasteiger partial charge in [0.05, 0.1) is 16.2 Å². The monoisotopic (exact) mass is 713 g/mol. The molecule has 17 heteroatoms. The Morgan fingerprint density at radius 2 is 1.40 bits per heavy atom. The maximum Gasteiger partial charge on any atom is 1.00 e. The fourth-order valence-corrected chi connectivity index (χ4v) is 5.40. The van der Waals surface area contributed by atoms with E-state index in [4.69, 9.17) is 10.8 Å². The van der Waals surface area contributed by atoms with Crippen LogP contribution in [0.25, 0.3) is 6.08 Å². The van der Waals surface area contributed by atoms with Gasteiger partial charge >= 0.3 is 65.1 Å². The summed E-state index contributed by atoms with van der Waals surface area (Å²) in [5.41, 5.74) is 10.0. The molecule has 0 heterocycles. The number of benzene rings is 4. The van der Waals surface area contributed by atoms with Crippen LogP contribution in [-0.2, 0) is 10.1 Å². The van der Waals surface area contributed by atoms with Crippen LogP contribution < -0.4 is 86.0 Å². The minimum Gasteiger partial charge on any atom is -0.872 e. The first-order valence-electron chi connectivity index (χ1n) is 14.0. The molecule has 0 aliphatic heterocycles. The maximum absolute atomic E-state index is 13.4. The smallest absolute Gasteiger partial charge is 0.872 e. The predicted octanol–water partition coefficient (Wildman–Crippen LogP) is -2.28. The molecule has 0 aromatic heterocycles. The Labute approximate surface area is 330 Å². The van der Waals surface area contributed by atoms with Gasteiger partial charge in [-0.05, 0) is 103 Å². The van der Waals surface area contributed by atoms with Gasteiger partial charge in [0.1, 0.15) is 15.8 Å². The van der Waals surface area contributed by atoms with Crippen molar-refractivity contribution in [3.8, 4) is 5.75 Å². The SMILES string of the molecule is Cc1cc(C(=O)Nc2ccc3c(c2)C=C(S(=O)(=O)[O-])C(=NNc2ccc(C(=O)Nc4ccc([O-])c(C(=O)O)c4)cc2C)C3=O)ccc1N.[Na+].[Na+]. The summed E-state index contributed by atoms with van der Waals surface area (Å²) in [4.78, 5) is 49.3. The van der Waals surface area contributed by atoms with E-state index in [1.165, 1.54) is 48.5 Å². The van der Waals surface area contributed by atoms with Crippen LogP contribution in [0.1, 0.15) is 58.1 Å². The van der Waals surface area contributed by atoms with Crippen molar-refractivity contribution >= 4 is 68.2 Å². The molecule has 0 fully saturated rings. The zero-order chi connectivity index (χ0) is 34.9. The molecular weight excluding hydrogens is 688 g/mol. The fraction of sp³-hybridized carbons (Fsp3) is 0.0606. The minimum atomic E-state index is -5.20. The number of carboxylic acid groups (broad SMARTS) is 1. The number of nitrogens with zero attached hydrogens (tertiary/aromatic N) is 1. The van der Waals surface area contributed by atoms with Crippen LogP contribution in [0.5, 0.6) is 5.75 Å². The van der Waals surface area contributed by atoms with E-state index in [9.17, 15) is 37.3 Å². The topological polar surface area (TPSA) is 243 Å². The molecule has 6 N–H and O–H groups in total. The molecule has 0 saturated heterocycles. The number of amides is 2. The first-order chi connectivity index (χ1) is 22.6. The van der Waals surface area contributed by atoms with Crippen LogP contribution in [0, 0.1) is 13.8 Å². The molecule has 2 amide bonds. The minimum absolute atomic E-state index is 0. The zero-order valence-corrected chi connectivity index (χ0v) is 32.0. The summed E-state index contributed by atoms with van der Waals surface area (Å²) < 4.78 is 36.7. The molecule has 14 nitrogen and oxygen atoms in total. The first kappa shape index (κ1) is 40.1. The van der Waals surface area contributed by atoms with Crippen molar-refractivity contribution in [2.24, 2.45) is 5.10 Å². The van der Waals surface area contributed by atoms with E-state index in [1.54, 1.807) is 26.0 Å². The third kappa shape index (κ3) is 8.88. The molecule has 1 aliphatic carbocycles. The van der Waals surface area contributed by atoms with E-state index in [0.29, 0.717) is 22.4 Å². The number of ketones is 1. The third-order valence-electron chi connectivity index (χ3n) is 7.34. The Bertz CT molecular complexity index is 2240. The third-order valence-corrected chi connectivity index (χ3v) is 8.18. The van der Waals surface area contributed by atoms with Gasteiger partial charge in [-0.3, -0.25) is 19.8 Å². The van der Waals surface area contributed by atoms with Crippen LogP contribution >= 0.6 is 0 Å². The number of carbonyl (C=O) groups excluding carboxylic acids is 3. The van der Waals surface area contributed by atoms with E-state index in [0.717, 1.165) is 18.2 Å². The number of aryl methyl sites for hydroxylation is 2. The summed E-state index contributed by atoms with van der Waals surface area (Å²) in [7, 11) is -5.20. The molecule has 244 valence electrons. The Hall–Kier alpha value is -4.32. The van der Waals surface area contributed by atoms with Crippen molar-refractivity contribution in [2.75, 3.05) is 21.8 Å². The van der Waals surface area contributed by atoms with Crippen LogP contribution in [0.2, 0.25) is 0 Å². The van der Waals surface area contributed by atoms with E-state index < -0.39 is 55.6 Å². The number of rotatable bonds is 8. The summed E-state index contributed by atoms with van der Waals surface area (Å²) in [6.45, 7) is 3.34. The van der Waals surface area contributed by atoms with E-state index in [2.05, 4.69) is 21.2 Å². The molecule has 0 unspecified atom stereocenters. The quantitative estimate of drug-likeness (QED) is 0.0564. The Morgan fingerprint density at radius 1 is 0.820 bits per heavy atom. The zero-order valence-electron chi connectivity index (χ0n) is 27.2. The number of hydrogen-bond acceptors (Lipinski definition) is 11. The molecule has 0 radical (unpaired) electrons. The van der Waals surface area contributed by atoms with Gasteiger partial charge in [0.15, 0.2) is 0 Å². The maximum atomic E-state index is 13.4. The van der Waals surface area contributed by atoms with Crippen molar-refractivity contribution in [1.29, 1.82) is 0 Å².